The summed E-state index contributed by atoms with van der Waals surface area (Å²) in [4.78, 5) is 15.7. The lowest BCUT2D eigenvalue weighted by molar-refractivity contribution is 0.0764. The van der Waals surface area contributed by atoms with Crippen LogP contribution in [-0.2, 0) is 16.6 Å². The van der Waals surface area contributed by atoms with Gasteiger partial charge in [-0.15, -0.1) is 17.9 Å². The standard InChI is InChI=1S/C19H20Cl2N2O3S2/c1-2-9-22(13-14-5-8-18(21)27-14)19(24)16-12-15(6-7-17(16)20)28(25,26)23-10-3-4-11-23/h2,5-8,12H,1,3-4,9-11,13H2. The summed E-state index contributed by atoms with van der Waals surface area (Å²) in [6.07, 6.45) is 3.30. The maximum Gasteiger partial charge on any atom is 0.256 e. The Morgan fingerprint density at radius 1 is 1.21 bits per heavy atom. The molecule has 1 amide bonds. The third kappa shape index (κ3) is 4.60. The Hall–Kier alpha value is -1.38. The Balaban J connectivity index is 1.91. The molecule has 0 radical (unpaired) electrons. The lowest BCUT2D eigenvalue weighted by atomic mass is 10.2. The van der Waals surface area contributed by atoms with E-state index in [1.807, 2.05) is 6.07 Å². The van der Waals surface area contributed by atoms with Crippen molar-refractivity contribution in [3.8, 4) is 0 Å². The normalized spacial score (nSPS) is 14.9. The maximum absolute atomic E-state index is 13.1. The molecule has 0 saturated carbocycles. The topological polar surface area (TPSA) is 57.7 Å². The van der Waals surface area contributed by atoms with Crippen molar-refractivity contribution in [3.05, 3.63) is 62.8 Å². The molecule has 1 fully saturated rings. The maximum atomic E-state index is 13.1. The zero-order valence-corrected chi connectivity index (χ0v) is 18.3. The highest BCUT2D eigenvalue weighted by Gasteiger charge is 2.29. The van der Waals surface area contributed by atoms with Crippen LogP contribution in [0.1, 0.15) is 28.1 Å². The Bertz CT molecular complexity index is 983. The summed E-state index contributed by atoms with van der Waals surface area (Å²) in [6.45, 7) is 5.33. The summed E-state index contributed by atoms with van der Waals surface area (Å²) < 4.78 is 27.8. The van der Waals surface area contributed by atoms with Crippen molar-refractivity contribution < 1.29 is 13.2 Å². The first-order valence-corrected chi connectivity index (χ1v) is 11.8. The van der Waals surface area contributed by atoms with E-state index < -0.39 is 10.0 Å². The molecule has 28 heavy (non-hydrogen) atoms. The number of amides is 1. The van der Waals surface area contributed by atoms with Crippen LogP contribution in [-0.4, -0.2) is 43.2 Å². The summed E-state index contributed by atoms with van der Waals surface area (Å²) in [6, 6.07) is 7.91. The molecule has 0 N–H and O–H groups in total. The SMILES string of the molecule is C=CCN(Cc1ccc(Cl)s1)C(=O)c1cc(S(=O)(=O)N2CCCC2)ccc1Cl. The first-order chi connectivity index (χ1) is 13.3. The predicted octanol–water partition coefficient (Wildman–Crippen LogP) is 4.67. The van der Waals surface area contributed by atoms with Gasteiger partial charge in [0.2, 0.25) is 10.0 Å². The molecule has 1 aliphatic rings. The molecule has 1 aromatic heterocycles. The van der Waals surface area contributed by atoms with Crippen LogP contribution < -0.4 is 0 Å². The van der Waals surface area contributed by atoms with Gasteiger partial charge < -0.3 is 4.90 Å². The fraction of sp³-hybridized carbons (Fsp3) is 0.316. The van der Waals surface area contributed by atoms with Crippen LogP contribution in [0.4, 0.5) is 0 Å². The number of hydrogen-bond acceptors (Lipinski definition) is 4. The highest BCUT2D eigenvalue weighted by atomic mass is 35.5. The van der Waals surface area contributed by atoms with Gasteiger partial charge in [-0.2, -0.15) is 4.31 Å². The summed E-state index contributed by atoms with van der Waals surface area (Å²) in [7, 11) is -3.64. The Morgan fingerprint density at radius 2 is 1.93 bits per heavy atom. The molecule has 2 heterocycles. The minimum Gasteiger partial charge on any atom is -0.330 e. The summed E-state index contributed by atoms with van der Waals surface area (Å²) in [5.41, 5.74) is 0.159. The molecule has 1 aromatic carbocycles. The van der Waals surface area contributed by atoms with Gasteiger partial charge in [0, 0.05) is 24.5 Å². The number of benzene rings is 1. The zero-order chi connectivity index (χ0) is 20.3. The lowest BCUT2D eigenvalue weighted by Crippen LogP contribution is -2.31. The molecule has 5 nitrogen and oxygen atoms in total. The number of carbonyl (C=O) groups excluding carboxylic acids is 1. The number of sulfonamides is 1. The molecule has 0 unspecified atom stereocenters. The minimum absolute atomic E-state index is 0.0832. The molecule has 0 bridgehead atoms. The predicted molar refractivity (Wildman–Crippen MR) is 114 cm³/mol. The van der Waals surface area contributed by atoms with Gasteiger partial charge in [0.25, 0.3) is 5.91 Å². The monoisotopic (exact) mass is 458 g/mol. The van der Waals surface area contributed by atoms with Crippen LogP contribution in [0.5, 0.6) is 0 Å². The van der Waals surface area contributed by atoms with Crippen molar-refractivity contribution in [1.82, 2.24) is 9.21 Å². The average Bonchev–Trinajstić information content (AvgIpc) is 3.33. The number of carbonyl (C=O) groups is 1. The molecule has 3 rings (SSSR count). The third-order valence-electron chi connectivity index (χ3n) is 4.48. The summed E-state index contributed by atoms with van der Waals surface area (Å²) in [5, 5.41) is 0.212. The van der Waals surface area contributed by atoms with Gasteiger partial charge in [-0.05, 0) is 43.2 Å². The van der Waals surface area contributed by atoms with E-state index in [1.165, 1.54) is 33.8 Å². The van der Waals surface area contributed by atoms with E-state index in [9.17, 15) is 13.2 Å². The Morgan fingerprint density at radius 3 is 2.54 bits per heavy atom. The van der Waals surface area contributed by atoms with Gasteiger partial charge in [-0.3, -0.25) is 4.79 Å². The van der Waals surface area contributed by atoms with Crippen molar-refractivity contribution in [2.45, 2.75) is 24.3 Å². The van der Waals surface area contributed by atoms with Crippen LogP contribution in [0, 0.1) is 0 Å². The number of rotatable bonds is 7. The molecule has 0 spiro atoms. The fourth-order valence-corrected chi connectivity index (χ4v) is 5.92. The van der Waals surface area contributed by atoms with Crippen molar-refractivity contribution >= 4 is 50.5 Å². The van der Waals surface area contributed by atoms with Gasteiger partial charge in [-0.25, -0.2) is 8.42 Å². The second-order valence-corrected chi connectivity index (χ2v) is 10.6. The third-order valence-corrected chi connectivity index (χ3v) is 7.92. The Labute approximate surface area is 179 Å². The summed E-state index contributed by atoms with van der Waals surface area (Å²) in [5.74, 6) is -0.354. The number of thiophene rings is 1. The molecular formula is C19H20Cl2N2O3S2. The first kappa shape index (κ1) is 21.3. The molecule has 150 valence electrons. The number of hydrogen-bond donors (Lipinski definition) is 0. The van der Waals surface area contributed by atoms with E-state index in [1.54, 1.807) is 17.0 Å². The number of nitrogens with zero attached hydrogens (tertiary/aromatic N) is 2. The lowest BCUT2D eigenvalue weighted by Gasteiger charge is -2.22. The zero-order valence-electron chi connectivity index (χ0n) is 15.1. The van der Waals surface area contributed by atoms with Gasteiger partial charge in [0.15, 0.2) is 0 Å². The van der Waals surface area contributed by atoms with E-state index in [0.29, 0.717) is 30.5 Å². The van der Waals surface area contributed by atoms with Gasteiger partial charge in [0.05, 0.1) is 26.4 Å². The average molecular weight is 459 g/mol. The largest absolute Gasteiger partial charge is 0.330 e. The van der Waals surface area contributed by atoms with Gasteiger partial charge >= 0.3 is 0 Å². The fourth-order valence-electron chi connectivity index (χ4n) is 3.08. The summed E-state index contributed by atoms with van der Waals surface area (Å²) >= 11 is 13.6. The van der Waals surface area contributed by atoms with Crippen LogP contribution in [0.2, 0.25) is 9.36 Å². The van der Waals surface area contributed by atoms with E-state index in [0.717, 1.165) is 17.7 Å². The smallest absolute Gasteiger partial charge is 0.256 e. The van der Waals surface area contributed by atoms with E-state index in [2.05, 4.69) is 6.58 Å². The second-order valence-electron chi connectivity index (χ2n) is 6.43. The first-order valence-electron chi connectivity index (χ1n) is 8.77. The molecule has 9 heteroatoms. The van der Waals surface area contributed by atoms with Gasteiger partial charge in [-0.1, -0.05) is 29.3 Å². The molecule has 0 aliphatic carbocycles. The Kier molecular flexibility index (Phi) is 6.83. The molecule has 2 aromatic rings. The molecule has 0 atom stereocenters. The number of halogens is 2. The minimum atomic E-state index is -3.64. The molecule has 1 aliphatic heterocycles. The quantitative estimate of drug-likeness (QED) is 0.566. The van der Waals surface area contributed by atoms with E-state index in [-0.39, 0.29) is 21.4 Å². The van der Waals surface area contributed by atoms with Crippen LogP contribution >= 0.6 is 34.5 Å². The van der Waals surface area contributed by atoms with Crippen molar-refractivity contribution in [2.75, 3.05) is 19.6 Å². The van der Waals surface area contributed by atoms with E-state index in [4.69, 9.17) is 23.2 Å². The van der Waals surface area contributed by atoms with E-state index >= 15 is 0 Å². The van der Waals surface area contributed by atoms with Gasteiger partial charge in [0.1, 0.15) is 0 Å². The molecular weight excluding hydrogens is 439 g/mol. The molecule has 1 saturated heterocycles. The van der Waals surface area contributed by atoms with Crippen LogP contribution in [0.15, 0.2) is 47.9 Å². The second kappa shape index (κ2) is 8.97. The highest BCUT2D eigenvalue weighted by Crippen LogP contribution is 2.28. The van der Waals surface area contributed by atoms with Crippen molar-refractivity contribution in [2.24, 2.45) is 0 Å². The van der Waals surface area contributed by atoms with Crippen molar-refractivity contribution in [3.63, 3.8) is 0 Å². The van der Waals surface area contributed by atoms with Crippen molar-refractivity contribution in [1.29, 1.82) is 0 Å². The van der Waals surface area contributed by atoms with Crippen LogP contribution in [0.25, 0.3) is 0 Å². The highest BCUT2D eigenvalue weighted by molar-refractivity contribution is 7.89. The van der Waals surface area contributed by atoms with Crippen LogP contribution in [0.3, 0.4) is 0 Å².